The standard InChI is InChI=1S/C15H14O4.CH3O5P.3Na/c1-19-12-5-2-10(3-6-12)8-14(17)13-7-4-11(16)9-15(13)18;2-1(3)7(4,5)6;;;/h2-7,9,16,18H,8H2,1H3;(H,2,3)(H2,4,5,6);;;/q;;3*+1/p-3. The number of ketones is 1. The van der Waals surface area contributed by atoms with Crippen LogP contribution in [0.25, 0.3) is 0 Å². The van der Waals surface area contributed by atoms with Crippen LogP contribution in [-0.2, 0) is 11.0 Å². The van der Waals surface area contributed by atoms with Crippen LogP contribution in [0.2, 0.25) is 0 Å². The molecule has 2 aromatic carbocycles. The van der Waals surface area contributed by atoms with E-state index in [2.05, 4.69) is 0 Å². The summed E-state index contributed by atoms with van der Waals surface area (Å²) in [7, 11) is -3.85. The van der Waals surface area contributed by atoms with Gasteiger partial charge in [0, 0.05) is 12.5 Å². The van der Waals surface area contributed by atoms with Gasteiger partial charge < -0.3 is 39.2 Å². The monoisotopic (exact) mass is 450 g/mol. The van der Waals surface area contributed by atoms with Crippen LogP contribution in [0.15, 0.2) is 42.5 Å². The van der Waals surface area contributed by atoms with Crippen LogP contribution in [0.3, 0.4) is 0 Å². The molecule has 0 amide bonds. The minimum absolute atomic E-state index is 0. The maximum absolute atomic E-state index is 12.0. The Balaban J connectivity index is -0.000000591. The zero-order valence-electron chi connectivity index (χ0n) is 16.4. The minimum Gasteiger partial charge on any atom is -0.807 e. The van der Waals surface area contributed by atoms with E-state index in [4.69, 9.17) is 29.0 Å². The number of phenolic OH excluding ortho intramolecular Hbond substituents is 2. The number of hydrogen-bond donors (Lipinski definition) is 2. The van der Waals surface area contributed by atoms with E-state index in [0.717, 1.165) is 17.4 Å². The van der Waals surface area contributed by atoms with Gasteiger partial charge in [-0.1, -0.05) is 12.1 Å². The summed E-state index contributed by atoms with van der Waals surface area (Å²) in [5.41, 5.74) is -1.53. The van der Waals surface area contributed by atoms with Crippen molar-refractivity contribution in [2.45, 2.75) is 6.42 Å². The Morgan fingerprint density at radius 1 is 1.00 bits per heavy atom. The molecule has 140 valence electrons. The van der Waals surface area contributed by atoms with Gasteiger partial charge in [0.1, 0.15) is 17.2 Å². The number of carbonyl (C=O) groups excluding carboxylic acids is 2. The topological polar surface area (TPSA) is 170 Å². The van der Waals surface area contributed by atoms with E-state index >= 15 is 0 Å². The van der Waals surface area contributed by atoms with Crippen molar-refractivity contribution in [1.29, 1.82) is 0 Å². The molecule has 0 atom stereocenters. The van der Waals surface area contributed by atoms with E-state index in [1.54, 1.807) is 31.4 Å². The third-order valence-electron chi connectivity index (χ3n) is 3.03. The molecule has 0 bridgehead atoms. The maximum atomic E-state index is 12.0. The summed E-state index contributed by atoms with van der Waals surface area (Å²) in [5, 5.41) is 27.8. The van der Waals surface area contributed by atoms with Crippen LogP contribution < -0.4 is 108 Å². The number of ether oxygens (including phenoxy) is 1. The molecule has 0 saturated heterocycles. The molecule has 0 spiro atoms. The van der Waals surface area contributed by atoms with E-state index in [-0.39, 0.29) is 118 Å². The molecule has 0 unspecified atom stereocenters. The summed E-state index contributed by atoms with van der Waals surface area (Å²) in [4.78, 5) is 39.3. The summed E-state index contributed by atoms with van der Waals surface area (Å²) in [6, 6.07) is 11.1. The van der Waals surface area contributed by atoms with Gasteiger partial charge >= 0.3 is 88.7 Å². The summed E-state index contributed by atoms with van der Waals surface area (Å²) in [5.74, 6) is 0.239. The van der Waals surface area contributed by atoms with E-state index in [0.29, 0.717) is 0 Å². The van der Waals surface area contributed by atoms with Crippen molar-refractivity contribution in [3.63, 3.8) is 0 Å². The fraction of sp³-hybridized carbons (Fsp3) is 0.125. The molecule has 0 fully saturated rings. The second-order valence-electron chi connectivity index (χ2n) is 4.91. The predicted molar refractivity (Wildman–Crippen MR) is 83.8 cm³/mol. The average Bonchev–Trinajstić information content (AvgIpc) is 2.55. The van der Waals surface area contributed by atoms with Crippen molar-refractivity contribution in [2.24, 2.45) is 0 Å². The fourth-order valence-electron chi connectivity index (χ4n) is 1.78. The van der Waals surface area contributed by atoms with Gasteiger partial charge in [-0.3, -0.25) is 4.79 Å². The molecular weight excluding hydrogens is 436 g/mol. The quantitative estimate of drug-likeness (QED) is 0.255. The Morgan fingerprint density at radius 3 is 1.86 bits per heavy atom. The average molecular weight is 450 g/mol. The first-order valence-electron chi connectivity index (χ1n) is 6.96. The summed E-state index contributed by atoms with van der Waals surface area (Å²) in [6.07, 6.45) is 0.183. The van der Waals surface area contributed by atoms with Gasteiger partial charge in [-0.15, -0.1) is 0 Å². The predicted octanol–water partition coefficient (Wildman–Crippen LogP) is -9.21. The van der Waals surface area contributed by atoms with Gasteiger partial charge in [-0.2, -0.15) is 0 Å². The number of hydrogen-bond acceptors (Lipinski definition) is 9. The Hall–Kier alpha value is 0.130. The van der Waals surface area contributed by atoms with Crippen molar-refractivity contribution in [2.75, 3.05) is 7.11 Å². The van der Waals surface area contributed by atoms with Gasteiger partial charge in [0.25, 0.3) is 0 Å². The van der Waals surface area contributed by atoms with E-state index in [1.807, 2.05) is 0 Å². The SMILES string of the molecule is COc1ccc(CC(=O)c2ccc(O)cc2O)cc1.O=C([O-])P(=O)([O-])[O-].[Na+].[Na+].[Na+]. The van der Waals surface area contributed by atoms with Crippen LogP contribution >= 0.6 is 7.60 Å². The van der Waals surface area contributed by atoms with Gasteiger partial charge in [0.05, 0.1) is 18.4 Å². The Labute approximate surface area is 233 Å². The molecule has 2 aromatic rings. The molecule has 13 heteroatoms. The number of carboxylic acid groups (broad SMARTS) is 1. The number of rotatable bonds is 5. The second-order valence-corrected chi connectivity index (χ2v) is 6.27. The van der Waals surface area contributed by atoms with Crippen LogP contribution in [0, 0.1) is 0 Å². The third kappa shape index (κ3) is 12.5. The third-order valence-corrected chi connectivity index (χ3v) is 3.48. The number of benzene rings is 2. The van der Waals surface area contributed by atoms with E-state index < -0.39 is 13.3 Å². The molecule has 2 N–H and O–H groups in total. The first-order valence-corrected chi connectivity index (χ1v) is 8.50. The molecule has 0 aromatic heterocycles. The number of phenols is 2. The van der Waals surface area contributed by atoms with Gasteiger partial charge in [0.15, 0.2) is 5.78 Å². The smallest absolute Gasteiger partial charge is 0.807 e. The van der Waals surface area contributed by atoms with Crippen molar-refractivity contribution in [3.8, 4) is 17.2 Å². The van der Waals surface area contributed by atoms with Gasteiger partial charge in [-0.05, 0) is 37.4 Å². The number of carbonyl (C=O) groups is 2. The molecule has 9 nitrogen and oxygen atoms in total. The maximum Gasteiger partial charge on any atom is 1.00 e. The minimum atomic E-state index is -5.43. The molecule has 0 heterocycles. The Bertz CT molecular complexity index is 838. The number of Topliss-reactive ketones (excluding diaryl/α,β-unsaturated/α-hetero) is 1. The molecule has 0 saturated carbocycles. The van der Waals surface area contributed by atoms with Crippen LogP contribution in [0.5, 0.6) is 17.2 Å². The van der Waals surface area contributed by atoms with Crippen LogP contribution in [0.1, 0.15) is 15.9 Å². The van der Waals surface area contributed by atoms with Crippen molar-refractivity contribution < 1.29 is 133 Å². The van der Waals surface area contributed by atoms with Crippen molar-refractivity contribution in [1.82, 2.24) is 0 Å². The van der Waals surface area contributed by atoms with Gasteiger partial charge in [-0.25, -0.2) is 0 Å². The molecule has 2 rings (SSSR count). The van der Waals surface area contributed by atoms with Crippen LogP contribution in [-0.4, -0.2) is 28.8 Å². The largest absolute Gasteiger partial charge is 1.00 e. The fourth-order valence-corrected chi connectivity index (χ4v) is 1.78. The van der Waals surface area contributed by atoms with Gasteiger partial charge in [0.2, 0.25) is 0 Å². The summed E-state index contributed by atoms with van der Waals surface area (Å²) < 4.78 is 14.2. The molecular formula is C16H14Na3O9P. The molecule has 0 aliphatic rings. The van der Waals surface area contributed by atoms with E-state index in [1.165, 1.54) is 12.1 Å². The first kappa shape index (κ1) is 33.8. The van der Waals surface area contributed by atoms with Crippen molar-refractivity contribution >= 4 is 19.1 Å². The summed E-state index contributed by atoms with van der Waals surface area (Å²) >= 11 is 0. The number of methoxy groups -OCH3 is 1. The molecule has 0 aliphatic heterocycles. The van der Waals surface area contributed by atoms with Crippen molar-refractivity contribution in [3.05, 3.63) is 53.6 Å². The molecule has 0 aliphatic carbocycles. The number of aromatic hydroxyl groups is 2. The zero-order chi connectivity index (χ0) is 19.9. The molecule has 0 radical (unpaired) electrons. The zero-order valence-corrected chi connectivity index (χ0v) is 23.3. The summed E-state index contributed by atoms with van der Waals surface area (Å²) in [6.45, 7) is 0. The Morgan fingerprint density at radius 2 is 1.48 bits per heavy atom. The molecule has 29 heavy (non-hydrogen) atoms. The normalized spacial score (nSPS) is 9.34. The van der Waals surface area contributed by atoms with E-state index in [9.17, 15) is 15.0 Å². The second kappa shape index (κ2) is 15.9. The first-order chi connectivity index (χ1) is 12.0. The van der Waals surface area contributed by atoms with Crippen LogP contribution in [0.4, 0.5) is 4.79 Å². The Kier molecular flexibility index (Phi) is 18.5.